The summed E-state index contributed by atoms with van der Waals surface area (Å²) in [6, 6.07) is 0.826. The molecule has 0 aromatic heterocycles. The Balaban J connectivity index is 1.71. The average Bonchev–Trinajstić information content (AvgIpc) is 2.94. The number of hydrogen-bond acceptors (Lipinski definition) is 4. The van der Waals surface area contributed by atoms with Crippen LogP contribution in [-0.4, -0.2) is 65.1 Å². The van der Waals surface area contributed by atoms with E-state index >= 15 is 0 Å². The molecule has 3 rings (SSSR count). The van der Waals surface area contributed by atoms with Crippen molar-refractivity contribution in [3.05, 3.63) is 0 Å². The van der Waals surface area contributed by atoms with Crippen molar-refractivity contribution in [2.45, 2.75) is 55.9 Å². The number of thioether (sulfide) groups is 1. The van der Waals surface area contributed by atoms with Crippen LogP contribution in [0.3, 0.4) is 0 Å². The van der Waals surface area contributed by atoms with E-state index in [9.17, 15) is 0 Å². The largest absolute Gasteiger partial charge is 0.329 e. The van der Waals surface area contributed by atoms with Crippen LogP contribution in [0.4, 0.5) is 0 Å². The predicted molar refractivity (Wildman–Crippen MR) is 83.7 cm³/mol. The summed E-state index contributed by atoms with van der Waals surface area (Å²) >= 11 is 2.17. The maximum absolute atomic E-state index is 6.27. The third-order valence-electron chi connectivity index (χ3n) is 5.62. The zero-order valence-electron chi connectivity index (χ0n) is 12.3. The van der Waals surface area contributed by atoms with Gasteiger partial charge in [-0.25, -0.2) is 0 Å². The Morgan fingerprint density at radius 2 is 2.21 bits per heavy atom. The molecule has 0 spiro atoms. The number of rotatable bonds is 3. The van der Waals surface area contributed by atoms with Gasteiger partial charge in [-0.05, 0) is 38.6 Å². The number of piperidine rings is 1. The first-order valence-electron chi connectivity index (χ1n) is 8.08. The van der Waals surface area contributed by atoms with Crippen molar-refractivity contribution in [3.8, 4) is 0 Å². The lowest BCUT2D eigenvalue weighted by Crippen LogP contribution is -2.63. The summed E-state index contributed by atoms with van der Waals surface area (Å²) in [7, 11) is 0. The molecule has 3 fully saturated rings. The third kappa shape index (κ3) is 2.69. The first-order chi connectivity index (χ1) is 9.27. The van der Waals surface area contributed by atoms with E-state index in [4.69, 9.17) is 5.73 Å². The van der Waals surface area contributed by atoms with Gasteiger partial charge >= 0.3 is 0 Å². The molecular weight excluding hydrogens is 254 g/mol. The minimum Gasteiger partial charge on any atom is -0.329 e. The van der Waals surface area contributed by atoms with Gasteiger partial charge in [-0.3, -0.25) is 4.90 Å². The molecule has 3 saturated heterocycles. The van der Waals surface area contributed by atoms with Gasteiger partial charge in [-0.2, -0.15) is 11.8 Å². The number of hydrogen-bond donors (Lipinski definition) is 1. The topological polar surface area (TPSA) is 32.5 Å². The summed E-state index contributed by atoms with van der Waals surface area (Å²) in [5.74, 6) is 1.30. The fourth-order valence-corrected chi connectivity index (χ4v) is 5.49. The summed E-state index contributed by atoms with van der Waals surface area (Å²) in [6.45, 7) is 8.32. The van der Waals surface area contributed by atoms with Crippen LogP contribution >= 0.6 is 11.8 Å². The molecule has 0 amide bonds. The van der Waals surface area contributed by atoms with E-state index < -0.39 is 0 Å². The van der Waals surface area contributed by atoms with Crippen molar-refractivity contribution in [3.63, 3.8) is 0 Å². The van der Waals surface area contributed by atoms with Gasteiger partial charge in [0.15, 0.2) is 0 Å². The van der Waals surface area contributed by atoms with Crippen LogP contribution in [-0.2, 0) is 0 Å². The Morgan fingerprint density at radius 3 is 3.00 bits per heavy atom. The number of fused-ring (bicyclic) bond motifs is 1. The molecule has 3 unspecified atom stereocenters. The minimum atomic E-state index is 0.319. The molecule has 0 aromatic carbocycles. The molecule has 0 radical (unpaired) electrons. The molecule has 19 heavy (non-hydrogen) atoms. The highest BCUT2D eigenvalue weighted by atomic mass is 32.2. The van der Waals surface area contributed by atoms with Crippen LogP contribution in [0.1, 0.15) is 39.0 Å². The fraction of sp³-hybridized carbons (Fsp3) is 1.00. The van der Waals surface area contributed by atoms with E-state index in [1.165, 1.54) is 64.0 Å². The Bertz CT molecular complexity index is 312. The molecule has 0 aromatic rings. The van der Waals surface area contributed by atoms with E-state index in [-0.39, 0.29) is 0 Å². The summed E-state index contributed by atoms with van der Waals surface area (Å²) < 4.78 is 0. The first kappa shape index (κ1) is 14.2. The van der Waals surface area contributed by atoms with Gasteiger partial charge in [-0.1, -0.05) is 6.92 Å². The zero-order valence-corrected chi connectivity index (χ0v) is 13.1. The molecule has 3 atom stereocenters. The zero-order chi connectivity index (χ0) is 13.3. The standard InChI is InChI=1S/C15H29N3S/c1-2-14-11-18(8-9-19-14)15(12-16)5-7-17-6-3-4-13(17)10-15/h13-14H,2-12,16H2,1H3. The molecule has 3 heterocycles. The van der Waals surface area contributed by atoms with E-state index in [0.717, 1.165) is 17.8 Å². The predicted octanol–water partition coefficient (Wildman–Crippen LogP) is 1.77. The molecule has 3 nitrogen and oxygen atoms in total. The Morgan fingerprint density at radius 1 is 1.32 bits per heavy atom. The summed E-state index contributed by atoms with van der Waals surface area (Å²) in [4.78, 5) is 5.48. The highest BCUT2D eigenvalue weighted by molar-refractivity contribution is 8.00. The lowest BCUT2D eigenvalue weighted by atomic mass is 9.81. The monoisotopic (exact) mass is 283 g/mol. The van der Waals surface area contributed by atoms with Gasteiger partial charge in [0.1, 0.15) is 0 Å². The van der Waals surface area contributed by atoms with Crippen molar-refractivity contribution in [1.82, 2.24) is 9.80 Å². The molecule has 0 saturated carbocycles. The number of nitrogens with two attached hydrogens (primary N) is 1. The van der Waals surface area contributed by atoms with Gasteiger partial charge in [-0.15, -0.1) is 0 Å². The van der Waals surface area contributed by atoms with Crippen LogP contribution in [0.15, 0.2) is 0 Å². The van der Waals surface area contributed by atoms with E-state index in [0.29, 0.717) is 5.54 Å². The molecule has 0 bridgehead atoms. The van der Waals surface area contributed by atoms with E-state index in [1.807, 2.05) is 0 Å². The third-order valence-corrected chi connectivity index (χ3v) is 7.00. The molecule has 110 valence electrons. The average molecular weight is 283 g/mol. The normalized spacial score (nSPS) is 41.4. The van der Waals surface area contributed by atoms with Crippen molar-refractivity contribution >= 4 is 11.8 Å². The van der Waals surface area contributed by atoms with Gasteiger partial charge in [0, 0.05) is 48.8 Å². The van der Waals surface area contributed by atoms with Gasteiger partial charge in [0.2, 0.25) is 0 Å². The Labute approximate surface area is 122 Å². The van der Waals surface area contributed by atoms with Crippen LogP contribution in [0, 0.1) is 0 Å². The maximum atomic E-state index is 6.27. The minimum absolute atomic E-state index is 0.319. The highest BCUT2D eigenvalue weighted by Gasteiger charge is 2.45. The highest BCUT2D eigenvalue weighted by Crippen LogP contribution is 2.38. The smallest absolute Gasteiger partial charge is 0.0359 e. The van der Waals surface area contributed by atoms with Crippen LogP contribution in [0.2, 0.25) is 0 Å². The van der Waals surface area contributed by atoms with Crippen molar-refractivity contribution in [1.29, 1.82) is 0 Å². The molecule has 0 aliphatic carbocycles. The quantitative estimate of drug-likeness (QED) is 0.856. The summed E-state index contributed by atoms with van der Waals surface area (Å²) in [6.07, 6.45) is 6.73. The molecule has 3 aliphatic heterocycles. The lowest BCUT2D eigenvalue weighted by molar-refractivity contribution is 0.0121. The van der Waals surface area contributed by atoms with Crippen LogP contribution < -0.4 is 5.73 Å². The van der Waals surface area contributed by atoms with Crippen molar-refractivity contribution < 1.29 is 0 Å². The first-order valence-corrected chi connectivity index (χ1v) is 9.13. The van der Waals surface area contributed by atoms with Crippen molar-refractivity contribution in [2.75, 3.05) is 38.5 Å². The summed E-state index contributed by atoms with van der Waals surface area (Å²) in [5, 5.41) is 0.832. The van der Waals surface area contributed by atoms with E-state index in [2.05, 4.69) is 28.5 Å². The lowest BCUT2D eigenvalue weighted by Gasteiger charge is -2.52. The molecular formula is C15H29N3S. The van der Waals surface area contributed by atoms with Crippen LogP contribution in [0.25, 0.3) is 0 Å². The number of nitrogens with zero attached hydrogens (tertiary/aromatic N) is 2. The SMILES string of the molecule is CCC1CN(C2(CN)CCN3CCCC3C2)CCS1. The second-order valence-corrected chi connectivity index (χ2v) is 7.97. The van der Waals surface area contributed by atoms with Gasteiger partial charge in [0.05, 0.1) is 0 Å². The Kier molecular flexibility index (Phi) is 4.42. The summed E-state index contributed by atoms with van der Waals surface area (Å²) in [5.41, 5.74) is 6.59. The van der Waals surface area contributed by atoms with Crippen LogP contribution in [0.5, 0.6) is 0 Å². The van der Waals surface area contributed by atoms with Gasteiger partial charge < -0.3 is 10.6 Å². The van der Waals surface area contributed by atoms with Crippen molar-refractivity contribution in [2.24, 2.45) is 5.73 Å². The molecule has 3 aliphatic rings. The fourth-order valence-electron chi connectivity index (χ4n) is 4.31. The second-order valence-electron chi connectivity index (χ2n) is 6.56. The van der Waals surface area contributed by atoms with E-state index in [1.54, 1.807) is 0 Å². The maximum Gasteiger partial charge on any atom is 0.0359 e. The van der Waals surface area contributed by atoms with Gasteiger partial charge in [0.25, 0.3) is 0 Å². The molecule has 4 heteroatoms. The molecule has 2 N–H and O–H groups in total. The second kappa shape index (κ2) is 5.92. The Hall–Kier alpha value is 0.230.